The van der Waals surface area contributed by atoms with Gasteiger partial charge < -0.3 is 15.7 Å². The molecule has 0 aromatic heterocycles. The molecule has 0 aliphatic heterocycles. The first-order valence-electron chi connectivity index (χ1n) is 10.1. The van der Waals surface area contributed by atoms with Crippen LogP contribution in [0.15, 0.2) is 54.6 Å². The summed E-state index contributed by atoms with van der Waals surface area (Å²) in [6, 6.07) is 17.8. The molecular weight excluding hydrogens is 392 g/mol. The fourth-order valence-electron chi connectivity index (χ4n) is 3.83. The number of benzene rings is 4. The number of nitrogens with one attached hydrogen (secondary N) is 2. The van der Waals surface area contributed by atoms with Gasteiger partial charge in [0.05, 0.1) is 0 Å². The highest BCUT2D eigenvalue weighted by Crippen LogP contribution is 2.36. The van der Waals surface area contributed by atoms with Crippen molar-refractivity contribution >= 4 is 50.1 Å². The molecule has 0 bridgehead atoms. The van der Waals surface area contributed by atoms with Crippen LogP contribution in [0.3, 0.4) is 0 Å². The minimum Gasteiger partial charge on any atom is -0.480 e. The van der Waals surface area contributed by atoms with Gasteiger partial charge in [0.1, 0.15) is 11.1 Å². The lowest BCUT2D eigenvalue weighted by Gasteiger charge is -2.30. The lowest BCUT2D eigenvalue weighted by atomic mass is 9.91. The van der Waals surface area contributed by atoms with Crippen molar-refractivity contribution in [1.82, 2.24) is 10.6 Å². The number of hydrogen-bond acceptors (Lipinski definition) is 3. The van der Waals surface area contributed by atoms with Crippen LogP contribution in [0.2, 0.25) is 0 Å². The molecule has 0 spiro atoms. The summed E-state index contributed by atoms with van der Waals surface area (Å²) in [5.41, 5.74) is -2.30. The van der Waals surface area contributed by atoms with Gasteiger partial charge in [-0.1, -0.05) is 48.5 Å². The van der Waals surface area contributed by atoms with Crippen molar-refractivity contribution in [3.8, 4) is 0 Å². The molecule has 4 aromatic rings. The predicted molar refractivity (Wildman–Crippen MR) is 122 cm³/mol. The van der Waals surface area contributed by atoms with E-state index >= 15 is 0 Å². The maximum Gasteiger partial charge on any atom is 0.328 e. The molecule has 0 saturated heterocycles. The zero-order chi connectivity index (χ0) is 22.6. The number of amides is 2. The van der Waals surface area contributed by atoms with E-state index in [-0.39, 0.29) is 0 Å². The molecule has 0 aliphatic carbocycles. The largest absolute Gasteiger partial charge is 0.480 e. The third-order valence-electron chi connectivity index (χ3n) is 5.73. The van der Waals surface area contributed by atoms with Crippen LogP contribution in [0.25, 0.3) is 32.3 Å². The van der Waals surface area contributed by atoms with Crippen LogP contribution in [-0.2, 0) is 9.59 Å². The topological polar surface area (TPSA) is 95.5 Å². The van der Waals surface area contributed by atoms with Gasteiger partial charge >= 0.3 is 5.97 Å². The summed E-state index contributed by atoms with van der Waals surface area (Å²) < 4.78 is 0. The number of carboxylic acids is 1. The summed E-state index contributed by atoms with van der Waals surface area (Å²) in [6.45, 7) is 5.89. The Balaban J connectivity index is 1.72. The first-order valence-corrected chi connectivity index (χ1v) is 10.1. The van der Waals surface area contributed by atoms with Crippen molar-refractivity contribution in [1.29, 1.82) is 0 Å². The molecule has 0 aliphatic rings. The highest BCUT2D eigenvalue weighted by Gasteiger charge is 2.37. The van der Waals surface area contributed by atoms with E-state index in [0.717, 1.165) is 32.3 Å². The van der Waals surface area contributed by atoms with Crippen molar-refractivity contribution in [2.45, 2.75) is 38.8 Å². The van der Waals surface area contributed by atoms with E-state index in [9.17, 15) is 19.5 Å². The zero-order valence-corrected chi connectivity index (χ0v) is 17.9. The van der Waals surface area contributed by atoms with Crippen LogP contribution in [0.1, 0.15) is 38.1 Å². The smallest absolute Gasteiger partial charge is 0.328 e. The second-order valence-corrected chi connectivity index (χ2v) is 8.93. The van der Waals surface area contributed by atoms with Crippen LogP contribution in [0.5, 0.6) is 0 Å². The second kappa shape index (κ2) is 6.94. The maximum atomic E-state index is 13.2. The quantitative estimate of drug-likeness (QED) is 0.427. The summed E-state index contributed by atoms with van der Waals surface area (Å²) in [5, 5.41) is 20.7. The summed E-state index contributed by atoms with van der Waals surface area (Å²) >= 11 is 0. The normalized spacial score (nSPS) is 12.4. The highest BCUT2D eigenvalue weighted by atomic mass is 16.4. The zero-order valence-electron chi connectivity index (χ0n) is 17.9. The molecule has 0 unspecified atom stereocenters. The van der Waals surface area contributed by atoms with Gasteiger partial charge in [-0.25, -0.2) is 4.79 Å². The lowest BCUT2D eigenvalue weighted by Crippen LogP contribution is -2.61. The van der Waals surface area contributed by atoms with E-state index in [2.05, 4.69) is 16.7 Å². The van der Waals surface area contributed by atoms with Crippen molar-refractivity contribution in [3.05, 3.63) is 60.2 Å². The van der Waals surface area contributed by atoms with Gasteiger partial charge in [0.25, 0.3) is 5.91 Å². The molecule has 0 heterocycles. The van der Waals surface area contributed by atoms with Gasteiger partial charge in [-0.05, 0) is 66.1 Å². The molecular formula is C25H24N2O4. The van der Waals surface area contributed by atoms with E-state index in [1.165, 1.54) is 13.8 Å². The molecule has 31 heavy (non-hydrogen) atoms. The van der Waals surface area contributed by atoms with Gasteiger partial charge in [-0.15, -0.1) is 0 Å². The molecule has 0 saturated carbocycles. The SMILES string of the molecule is CC(C)(NC(=O)C(C)(C)NC(=O)c1ccc2ccc3cccc4ccc1c2c34)C(=O)O. The van der Waals surface area contributed by atoms with Gasteiger partial charge in [-0.2, -0.15) is 0 Å². The average molecular weight is 416 g/mol. The Morgan fingerprint density at radius 2 is 1.26 bits per heavy atom. The number of rotatable bonds is 5. The number of carboxylic acid groups (broad SMARTS) is 1. The Morgan fingerprint density at radius 1 is 0.710 bits per heavy atom. The second-order valence-electron chi connectivity index (χ2n) is 8.93. The van der Waals surface area contributed by atoms with E-state index in [1.807, 2.05) is 42.5 Å². The van der Waals surface area contributed by atoms with Crippen molar-refractivity contribution < 1.29 is 19.5 Å². The van der Waals surface area contributed by atoms with Crippen LogP contribution < -0.4 is 10.6 Å². The molecule has 4 aromatic carbocycles. The summed E-state index contributed by atoms with van der Waals surface area (Å²) in [4.78, 5) is 37.2. The molecule has 6 heteroatoms. The molecule has 158 valence electrons. The van der Waals surface area contributed by atoms with Crippen LogP contribution in [0.4, 0.5) is 0 Å². The fourth-order valence-corrected chi connectivity index (χ4v) is 3.83. The number of hydrogen-bond donors (Lipinski definition) is 3. The maximum absolute atomic E-state index is 13.2. The summed E-state index contributed by atoms with van der Waals surface area (Å²) in [7, 11) is 0. The third-order valence-corrected chi connectivity index (χ3v) is 5.73. The number of aliphatic carboxylic acids is 1. The molecule has 4 rings (SSSR count). The Kier molecular flexibility index (Phi) is 4.61. The minimum atomic E-state index is -1.45. The lowest BCUT2D eigenvalue weighted by molar-refractivity contribution is -0.146. The van der Waals surface area contributed by atoms with Crippen molar-refractivity contribution in [2.24, 2.45) is 0 Å². The van der Waals surface area contributed by atoms with E-state index in [0.29, 0.717) is 5.56 Å². The van der Waals surface area contributed by atoms with Crippen molar-refractivity contribution in [2.75, 3.05) is 0 Å². The van der Waals surface area contributed by atoms with Crippen molar-refractivity contribution in [3.63, 3.8) is 0 Å². The minimum absolute atomic E-state index is 0.397. The molecule has 0 radical (unpaired) electrons. The molecule has 6 nitrogen and oxygen atoms in total. The van der Waals surface area contributed by atoms with Gasteiger partial charge in [0.2, 0.25) is 5.91 Å². The van der Waals surface area contributed by atoms with E-state index in [1.54, 1.807) is 19.9 Å². The van der Waals surface area contributed by atoms with Crippen LogP contribution >= 0.6 is 0 Å². The van der Waals surface area contributed by atoms with E-state index < -0.39 is 28.9 Å². The average Bonchev–Trinajstić information content (AvgIpc) is 2.71. The predicted octanol–water partition coefficient (Wildman–Crippen LogP) is 4.07. The molecule has 0 fully saturated rings. The van der Waals surface area contributed by atoms with Gasteiger partial charge in [-0.3, -0.25) is 9.59 Å². The fraction of sp³-hybridized carbons (Fsp3) is 0.240. The molecule has 2 amide bonds. The molecule has 0 atom stereocenters. The third kappa shape index (κ3) is 3.44. The highest BCUT2D eigenvalue weighted by molar-refractivity contribution is 6.26. The first kappa shape index (κ1) is 20.6. The van der Waals surface area contributed by atoms with E-state index in [4.69, 9.17) is 0 Å². The Bertz CT molecular complexity index is 1340. The first-order chi connectivity index (χ1) is 14.5. The van der Waals surface area contributed by atoms with Crippen LogP contribution in [-0.4, -0.2) is 34.0 Å². The monoisotopic (exact) mass is 416 g/mol. The Morgan fingerprint density at radius 3 is 1.87 bits per heavy atom. The Hall–Kier alpha value is -3.67. The van der Waals surface area contributed by atoms with Gasteiger partial charge in [0.15, 0.2) is 0 Å². The summed E-state index contributed by atoms with van der Waals surface area (Å²) in [6.07, 6.45) is 0. The molecule has 3 N–H and O–H groups in total. The summed E-state index contributed by atoms with van der Waals surface area (Å²) in [5.74, 6) is -2.13. The standard InChI is InChI=1S/C25H24N2O4/c1-24(2,22(29)27-25(3,4)23(30)31)26-21(28)18-13-11-16-9-8-14-6-5-7-15-10-12-17(18)20(16)19(14)15/h5-13H,1-4H3,(H,26,28)(H,27,29)(H,30,31). The number of carbonyl (C=O) groups is 3. The number of carbonyl (C=O) groups excluding carboxylic acids is 2. The Labute approximate surface area is 179 Å². The van der Waals surface area contributed by atoms with Gasteiger partial charge in [0, 0.05) is 5.56 Å². The van der Waals surface area contributed by atoms with Crippen LogP contribution in [0, 0.1) is 0 Å².